The Labute approximate surface area is 230 Å². The van der Waals surface area contributed by atoms with E-state index in [0.717, 1.165) is 9.13 Å². The van der Waals surface area contributed by atoms with Crippen molar-refractivity contribution in [2.45, 2.75) is 6.61 Å². The van der Waals surface area contributed by atoms with Crippen LogP contribution in [0.3, 0.4) is 0 Å². The highest BCUT2D eigenvalue weighted by atomic mass is 127. The Kier molecular flexibility index (Phi) is 9.34. The number of hydrogen-bond acceptors (Lipinski definition) is 4. The van der Waals surface area contributed by atoms with Crippen molar-refractivity contribution in [1.29, 1.82) is 5.26 Å². The van der Waals surface area contributed by atoms with Gasteiger partial charge in [0.2, 0.25) is 0 Å². The molecule has 0 bridgehead atoms. The third-order valence-corrected chi connectivity index (χ3v) is 6.85. The van der Waals surface area contributed by atoms with E-state index in [1.54, 1.807) is 42.5 Å². The minimum absolute atomic E-state index is 0.127. The second-order valence-corrected chi connectivity index (χ2v) is 9.56. The van der Waals surface area contributed by atoms with Crippen molar-refractivity contribution in [1.82, 2.24) is 0 Å². The average Bonchev–Trinajstić information content (AvgIpc) is 2.81. The number of carbonyl (C=O) groups is 1. The van der Waals surface area contributed by atoms with Crippen LogP contribution in [0.2, 0.25) is 20.1 Å². The molecule has 0 aliphatic carbocycles. The summed E-state index contributed by atoms with van der Waals surface area (Å²) in [6.07, 6.45) is 1.45. The predicted octanol–water partition coefficient (Wildman–Crippen LogP) is 8.04. The number of ether oxygens (including phenoxy) is 2. The zero-order valence-corrected chi connectivity index (χ0v) is 22.6. The summed E-state index contributed by atoms with van der Waals surface area (Å²) in [5.41, 5.74) is 1.59. The zero-order valence-electron chi connectivity index (χ0n) is 17.5. The SMILES string of the molecule is COc1cc(/C=C(/C#N)C(=O)Nc2cccc(Cl)c2Cl)cc(I)c1OCc1ccc(Cl)c(Cl)c1. The standard InChI is InChI=1S/C24H15Cl4IN2O3/c1-33-21-10-14(7-15(11-30)24(32)31-20-4-2-3-17(26)22(20)28)9-19(29)23(21)34-12-13-5-6-16(25)18(27)8-13/h2-10H,12H2,1H3,(H,31,32)/b15-7-. The van der Waals surface area contributed by atoms with Crippen LogP contribution in [0.25, 0.3) is 6.08 Å². The molecule has 1 N–H and O–H groups in total. The first-order chi connectivity index (χ1) is 16.2. The van der Waals surface area contributed by atoms with E-state index in [4.69, 9.17) is 55.9 Å². The minimum Gasteiger partial charge on any atom is -0.493 e. The van der Waals surface area contributed by atoms with Crippen molar-refractivity contribution in [3.63, 3.8) is 0 Å². The smallest absolute Gasteiger partial charge is 0.266 e. The molecule has 0 saturated carbocycles. The number of amides is 1. The third-order valence-electron chi connectivity index (χ3n) is 4.49. The maximum atomic E-state index is 12.6. The molecule has 3 aromatic rings. The molecule has 0 radical (unpaired) electrons. The van der Waals surface area contributed by atoms with E-state index in [2.05, 4.69) is 27.9 Å². The quantitative estimate of drug-likeness (QED) is 0.160. The topological polar surface area (TPSA) is 71.3 Å². The van der Waals surface area contributed by atoms with Crippen LogP contribution in [-0.2, 0) is 11.4 Å². The Bertz CT molecular complexity index is 1320. The molecule has 0 aliphatic rings. The van der Waals surface area contributed by atoms with Crippen LogP contribution in [0.5, 0.6) is 11.5 Å². The molecule has 0 saturated heterocycles. The molecule has 3 rings (SSSR count). The van der Waals surface area contributed by atoms with Crippen LogP contribution in [-0.4, -0.2) is 13.0 Å². The molecule has 5 nitrogen and oxygen atoms in total. The van der Waals surface area contributed by atoms with Crippen LogP contribution >= 0.6 is 69.0 Å². The second kappa shape index (κ2) is 12.0. The van der Waals surface area contributed by atoms with Gasteiger partial charge in [-0.1, -0.05) is 58.5 Å². The van der Waals surface area contributed by atoms with Crippen LogP contribution in [0.4, 0.5) is 5.69 Å². The van der Waals surface area contributed by atoms with E-state index in [0.29, 0.717) is 32.8 Å². The molecule has 0 atom stereocenters. The molecule has 34 heavy (non-hydrogen) atoms. The van der Waals surface area contributed by atoms with Crippen molar-refractivity contribution in [2.24, 2.45) is 0 Å². The van der Waals surface area contributed by atoms with Gasteiger partial charge in [-0.05, 0) is 76.2 Å². The van der Waals surface area contributed by atoms with Crippen LogP contribution in [0.15, 0.2) is 54.1 Å². The third kappa shape index (κ3) is 6.49. The molecule has 0 aromatic heterocycles. The summed E-state index contributed by atoms with van der Waals surface area (Å²) in [6, 6.07) is 15.4. The van der Waals surface area contributed by atoms with Crippen LogP contribution in [0.1, 0.15) is 11.1 Å². The fourth-order valence-electron chi connectivity index (χ4n) is 2.85. The van der Waals surface area contributed by atoms with E-state index < -0.39 is 5.91 Å². The molecule has 0 aliphatic heterocycles. The van der Waals surface area contributed by atoms with Gasteiger partial charge >= 0.3 is 0 Å². The van der Waals surface area contributed by atoms with E-state index in [9.17, 15) is 10.1 Å². The first-order valence-corrected chi connectivity index (χ1v) is 12.1. The van der Waals surface area contributed by atoms with E-state index in [-0.39, 0.29) is 22.2 Å². The number of nitrogens with zero attached hydrogens (tertiary/aromatic N) is 1. The summed E-state index contributed by atoms with van der Waals surface area (Å²) in [4.78, 5) is 12.6. The Hall–Kier alpha value is -2.15. The normalized spacial score (nSPS) is 11.0. The predicted molar refractivity (Wildman–Crippen MR) is 145 cm³/mol. The van der Waals surface area contributed by atoms with Gasteiger partial charge in [-0.15, -0.1) is 0 Å². The first-order valence-electron chi connectivity index (χ1n) is 9.55. The number of anilines is 1. The molecule has 0 fully saturated rings. The van der Waals surface area contributed by atoms with Crippen molar-refractivity contribution in [3.8, 4) is 17.6 Å². The average molecular weight is 648 g/mol. The van der Waals surface area contributed by atoms with E-state index in [1.165, 1.54) is 13.2 Å². The van der Waals surface area contributed by atoms with Crippen molar-refractivity contribution in [2.75, 3.05) is 12.4 Å². The van der Waals surface area contributed by atoms with Gasteiger partial charge in [0.05, 0.1) is 36.5 Å². The minimum atomic E-state index is -0.624. The van der Waals surface area contributed by atoms with Gasteiger partial charge in [-0.3, -0.25) is 4.79 Å². The van der Waals surface area contributed by atoms with E-state index in [1.807, 2.05) is 12.1 Å². The fraction of sp³-hybridized carbons (Fsp3) is 0.0833. The molecular weight excluding hydrogens is 633 g/mol. The second-order valence-electron chi connectivity index (χ2n) is 6.80. The van der Waals surface area contributed by atoms with Gasteiger partial charge in [0.1, 0.15) is 18.2 Å². The van der Waals surface area contributed by atoms with E-state index >= 15 is 0 Å². The Morgan fingerprint density at radius 1 is 1.09 bits per heavy atom. The summed E-state index contributed by atoms with van der Waals surface area (Å²) in [7, 11) is 1.50. The monoisotopic (exact) mass is 646 g/mol. The highest BCUT2D eigenvalue weighted by Crippen LogP contribution is 2.36. The molecule has 10 heteroatoms. The highest BCUT2D eigenvalue weighted by molar-refractivity contribution is 14.1. The fourth-order valence-corrected chi connectivity index (χ4v) is 4.30. The summed E-state index contributed by atoms with van der Waals surface area (Å²) < 4.78 is 12.1. The number of methoxy groups -OCH3 is 1. The number of nitrogens with one attached hydrogen (secondary N) is 1. The number of hydrogen-bond donors (Lipinski definition) is 1. The van der Waals surface area contributed by atoms with Crippen LogP contribution < -0.4 is 14.8 Å². The lowest BCUT2D eigenvalue weighted by Crippen LogP contribution is -2.13. The zero-order chi connectivity index (χ0) is 24.8. The molecule has 0 unspecified atom stereocenters. The lowest BCUT2D eigenvalue weighted by Gasteiger charge is -2.14. The summed E-state index contributed by atoms with van der Waals surface area (Å²) in [6.45, 7) is 0.241. The number of benzene rings is 3. The van der Waals surface area contributed by atoms with Crippen LogP contribution in [0, 0.1) is 14.9 Å². The Morgan fingerprint density at radius 3 is 2.53 bits per heavy atom. The Morgan fingerprint density at radius 2 is 1.85 bits per heavy atom. The maximum absolute atomic E-state index is 12.6. The molecule has 0 spiro atoms. The molecule has 0 heterocycles. The highest BCUT2D eigenvalue weighted by Gasteiger charge is 2.16. The molecule has 174 valence electrons. The first kappa shape index (κ1) is 26.5. The molecule has 3 aromatic carbocycles. The molecule has 1 amide bonds. The van der Waals surface area contributed by atoms with Gasteiger partial charge in [0.25, 0.3) is 5.91 Å². The van der Waals surface area contributed by atoms with Crippen molar-refractivity contribution in [3.05, 3.63) is 88.9 Å². The van der Waals surface area contributed by atoms with Gasteiger partial charge in [-0.25, -0.2) is 0 Å². The number of halogens is 5. The van der Waals surface area contributed by atoms with Crippen molar-refractivity contribution < 1.29 is 14.3 Å². The van der Waals surface area contributed by atoms with Gasteiger partial charge in [-0.2, -0.15) is 5.26 Å². The van der Waals surface area contributed by atoms with Gasteiger partial charge in [0.15, 0.2) is 11.5 Å². The Balaban J connectivity index is 1.83. The lowest BCUT2D eigenvalue weighted by atomic mass is 10.1. The summed E-state index contributed by atoms with van der Waals surface area (Å²) >= 11 is 26.2. The largest absolute Gasteiger partial charge is 0.493 e. The molecular formula is C24H15Cl4IN2O3. The number of carbonyl (C=O) groups excluding carboxylic acids is 1. The summed E-state index contributed by atoms with van der Waals surface area (Å²) in [5, 5.41) is 13.5. The summed E-state index contributed by atoms with van der Waals surface area (Å²) in [5.74, 6) is 0.328. The number of nitriles is 1. The van der Waals surface area contributed by atoms with Gasteiger partial charge in [0, 0.05) is 0 Å². The lowest BCUT2D eigenvalue weighted by molar-refractivity contribution is -0.112. The van der Waals surface area contributed by atoms with Crippen molar-refractivity contribution >= 4 is 86.7 Å². The van der Waals surface area contributed by atoms with Gasteiger partial charge < -0.3 is 14.8 Å². The number of rotatable bonds is 7. The maximum Gasteiger partial charge on any atom is 0.266 e.